The lowest BCUT2D eigenvalue weighted by molar-refractivity contribution is -0.0755. The lowest BCUT2D eigenvalue weighted by atomic mass is 9.76. The molecule has 1 aliphatic carbocycles. The number of hydrogen-bond donors (Lipinski definition) is 2. The van der Waals surface area contributed by atoms with Crippen LogP contribution in [0.5, 0.6) is 11.5 Å². The lowest BCUT2D eigenvalue weighted by Gasteiger charge is -2.34. The van der Waals surface area contributed by atoms with Gasteiger partial charge in [-0.05, 0) is 43.9 Å². The van der Waals surface area contributed by atoms with E-state index in [-0.39, 0.29) is 5.60 Å². The minimum atomic E-state index is -1.03. The quantitative estimate of drug-likeness (QED) is 0.749. The number of methoxy groups -OCH3 is 1. The second kappa shape index (κ2) is 6.98. The maximum Gasteiger partial charge on any atom is 0.404 e. The summed E-state index contributed by atoms with van der Waals surface area (Å²) >= 11 is 0. The molecule has 0 unspecified atom stereocenters. The van der Waals surface area contributed by atoms with E-state index in [1.165, 1.54) is 6.42 Å². The number of oxime groups is 1. The Balaban J connectivity index is 1.61. The number of nitrogens with zero attached hydrogens (tertiary/aromatic N) is 1. The number of rotatable bonds is 7. The van der Waals surface area contributed by atoms with E-state index < -0.39 is 6.09 Å². The summed E-state index contributed by atoms with van der Waals surface area (Å²) in [5.74, 6) is 1.27. The van der Waals surface area contributed by atoms with Crippen molar-refractivity contribution in [2.45, 2.75) is 37.7 Å². The highest BCUT2D eigenvalue weighted by atomic mass is 16.7. The number of hydrogen-bond acceptors (Lipinski definition) is 5. The molecule has 7 nitrogen and oxygen atoms in total. The maximum absolute atomic E-state index is 10.4. The van der Waals surface area contributed by atoms with E-state index >= 15 is 0 Å². The first kappa shape index (κ1) is 16.4. The number of nitrogens with one attached hydrogen (secondary N) is 1. The highest BCUT2D eigenvalue weighted by Gasteiger charge is 2.44. The average Bonchev–Trinajstić information content (AvgIpc) is 3.00. The standard InChI is InChI=1S/C17H22N2O5/c1-22-14-5-4-12(13-11-17(24-19-13)6-2-7-17)10-15(14)23-9-3-8-18-16(20)21/h4-5,10,18H,2-3,6-9,11H2,1H3,(H,20,21). The molecule has 1 heterocycles. The van der Waals surface area contributed by atoms with Gasteiger partial charge in [0.05, 0.1) is 19.4 Å². The minimum Gasteiger partial charge on any atom is -0.493 e. The molecular weight excluding hydrogens is 312 g/mol. The zero-order chi connectivity index (χ0) is 17.0. The highest BCUT2D eigenvalue weighted by molar-refractivity contribution is 6.02. The molecule has 2 aliphatic rings. The van der Waals surface area contributed by atoms with E-state index in [2.05, 4.69) is 10.5 Å². The van der Waals surface area contributed by atoms with Gasteiger partial charge in [-0.3, -0.25) is 0 Å². The molecule has 1 amide bonds. The summed E-state index contributed by atoms with van der Waals surface area (Å²) in [6.07, 6.45) is 3.71. The number of benzene rings is 1. The van der Waals surface area contributed by atoms with Crippen LogP contribution in [0.3, 0.4) is 0 Å². The summed E-state index contributed by atoms with van der Waals surface area (Å²) in [5, 5.41) is 15.1. The van der Waals surface area contributed by atoms with Crippen molar-refractivity contribution in [3.05, 3.63) is 23.8 Å². The zero-order valence-electron chi connectivity index (χ0n) is 13.7. The van der Waals surface area contributed by atoms with Gasteiger partial charge in [0, 0.05) is 18.5 Å². The van der Waals surface area contributed by atoms with Crippen molar-refractivity contribution >= 4 is 11.8 Å². The van der Waals surface area contributed by atoms with E-state index in [1.807, 2.05) is 18.2 Å². The third kappa shape index (κ3) is 3.55. The minimum absolute atomic E-state index is 0.0707. The molecule has 7 heteroatoms. The smallest absolute Gasteiger partial charge is 0.404 e. The Bertz CT molecular complexity index is 640. The predicted octanol–water partition coefficient (Wildman–Crippen LogP) is 2.78. The summed E-state index contributed by atoms with van der Waals surface area (Å²) in [5.41, 5.74) is 1.84. The average molecular weight is 334 g/mol. The Kier molecular flexibility index (Phi) is 4.78. The van der Waals surface area contributed by atoms with Crippen molar-refractivity contribution in [3.8, 4) is 11.5 Å². The van der Waals surface area contributed by atoms with Gasteiger partial charge in [0.25, 0.3) is 0 Å². The van der Waals surface area contributed by atoms with Crippen LogP contribution in [0.15, 0.2) is 23.4 Å². The van der Waals surface area contributed by atoms with Crippen LogP contribution in [0.25, 0.3) is 0 Å². The third-order valence-electron chi connectivity index (χ3n) is 4.46. The molecule has 3 rings (SSSR count). The van der Waals surface area contributed by atoms with Gasteiger partial charge in [0.1, 0.15) is 5.60 Å². The Morgan fingerprint density at radius 3 is 2.88 bits per heavy atom. The van der Waals surface area contributed by atoms with Gasteiger partial charge in [0.15, 0.2) is 11.5 Å². The Morgan fingerprint density at radius 2 is 2.25 bits per heavy atom. The highest BCUT2D eigenvalue weighted by Crippen LogP contribution is 2.43. The molecule has 130 valence electrons. The molecule has 0 saturated heterocycles. The van der Waals surface area contributed by atoms with Crippen molar-refractivity contribution in [1.29, 1.82) is 0 Å². The van der Waals surface area contributed by atoms with E-state index in [0.29, 0.717) is 31.1 Å². The molecule has 1 aliphatic heterocycles. The number of carboxylic acid groups (broad SMARTS) is 1. The van der Waals surface area contributed by atoms with Gasteiger partial charge in [0.2, 0.25) is 0 Å². The molecule has 1 aromatic rings. The topological polar surface area (TPSA) is 89.4 Å². The fourth-order valence-electron chi connectivity index (χ4n) is 2.93. The lowest BCUT2D eigenvalue weighted by Crippen LogP contribution is -2.36. The molecular formula is C17H22N2O5. The van der Waals surface area contributed by atoms with Crippen LogP contribution < -0.4 is 14.8 Å². The molecule has 24 heavy (non-hydrogen) atoms. The van der Waals surface area contributed by atoms with E-state index in [1.54, 1.807) is 7.11 Å². The van der Waals surface area contributed by atoms with Gasteiger partial charge < -0.3 is 24.7 Å². The summed E-state index contributed by atoms with van der Waals surface area (Å²) in [6.45, 7) is 0.743. The van der Waals surface area contributed by atoms with Crippen LogP contribution in [-0.2, 0) is 4.84 Å². The Labute approximate surface area is 140 Å². The molecule has 1 fully saturated rings. The molecule has 1 saturated carbocycles. The normalized spacial score (nSPS) is 17.6. The van der Waals surface area contributed by atoms with Gasteiger partial charge in [-0.2, -0.15) is 0 Å². The molecule has 0 radical (unpaired) electrons. The van der Waals surface area contributed by atoms with Crippen LogP contribution in [0.4, 0.5) is 4.79 Å². The molecule has 0 aromatic heterocycles. The van der Waals surface area contributed by atoms with Crippen molar-refractivity contribution in [3.63, 3.8) is 0 Å². The van der Waals surface area contributed by atoms with E-state index in [0.717, 1.165) is 30.5 Å². The number of ether oxygens (including phenoxy) is 2. The van der Waals surface area contributed by atoms with Crippen molar-refractivity contribution in [2.75, 3.05) is 20.3 Å². The molecule has 1 spiro atoms. The monoisotopic (exact) mass is 334 g/mol. The predicted molar refractivity (Wildman–Crippen MR) is 88.0 cm³/mol. The van der Waals surface area contributed by atoms with E-state index in [4.69, 9.17) is 19.4 Å². The maximum atomic E-state index is 10.4. The van der Waals surface area contributed by atoms with Crippen LogP contribution in [0, 0.1) is 0 Å². The van der Waals surface area contributed by atoms with Crippen molar-refractivity contribution in [2.24, 2.45) is 5.16 Å². The summed E-state index contributed by atoms with van der Waals surface area (Å²) in [4.78, 5) is 16.0. The van der Waals surface area contributed by atoms with Crippen LogP contribution in [0.2, 0.25) is 0 Å². The summed E-state index contributed by atoms with van der Waals surface area (Å²) < 4.78 is 11.1. The van der Waals surface area contributed by atoms with Gasteiger partial charge in [-0.15, -0.1) is 0 Å². The summed E-state index contributed by atoms with van der Waals surface area (Å²) in [7, 11) is 1.59. The first-order valence-electron chi connectivity index (χ1n) is 8.15. The number of amides is 1. The van der Waals surface area contributed by atoms with Crippen molar-refractivity contribution < 1.29 is 24.2 Å². The van der Waals surface area contributed by atoms with Gasteiger partial charge in [-0.25, -0.2) is 4.79 Å². The Morgan fingerprint density at radius 1 is 1.42 bits per heavy atom. The molecule has 0 atom stereocenters. The fraction of sp³-hybridized carbons (Fsp3) is 0.529. The Hall–Kier alpha value is -2.44. The van der Waals surface area contributed by atoms with Crippen molar-refractivity contribution in [1.82, 2.24) is 5.32 Å². The zero-order valence-corrected chi connectivity index (χ0v) is 13.7. The van der Waals surface area contributed by atoms with Gasteiger partial charge >= 0.3 is 6.09 Å². The first-order valence-corrected chi connectivity index (χ1v) is 8.15. The fourth-order valence-corrected chi connectivity index (χ4v) is 2.93. The second-order valence-electron chi connectivity index (χ2n) is 6.14. The molecule has 1 aromatic carbocycles. The molecule has 2 N–H and O–H groups in total. The van der Waals surface area contributed by atoms with E-state index in [9.17, 15) is 4.79 Å². The second-order valence-corrected chi connectivity index (χ2v) is 6.14. The molecule has 0 bridgehead atoms. The largest absolute Gasteiger partial charge is 0.493 e. The first-order chi connectivity index (χ1) is 11.6. The third-order valence-corrected chi connectivity index (χ3v) is 4.46. The SMILES string of the molecule is COc1ccc(C2=NOC3(CCC3)C2)cc1OCCCNC(=O)O. The summed E-state index contributed by atoms with van der Waals surface area (Å²) in [6, 6.07) is 5.72. The van der Waals surface area contributed by atoms with Crippen LogP contribution >= 0.6 is 0 Å². The van der Waals surface area contributed by atoms with Crippen LogP contribution in [0.1, 0.15) is 37.7 Å². The van der Waals surface area contributed by atoms with Gasteiger partial charge in [-0.1, -0.05) is 5.16 Å². The van der Waals surface area contributed by atoms with Crippen LogP contribution in [-0.4, -0.2) is 42.8 Å². The number of carbonyl (C=O) groups is 1.